The fourth-order valence-electron chi connectivity index (χ4n) is 2.75. The van der Waals surface area contributed by atoms with Crippen molar-refractivity contribution in [2.75, 3.05) is 0 Å². The molecule has 0 heterocycles. The second-order valence-corrected chi connectivity index (χ2v) is 7.09. The van der Waals surface area contributed by atoms with E-state index in [0.717, 1.165) is 5.56 Å². The minimum absolute atomic E-state index is 0.152. The van der Waals surface area contributed by atoms with E-state index < -0.39 is 31.2 Å². The van der Waals surface area contributed by atoms with Crippen molar-refractivity contribution < 1.29 is 19.9 Å². The molecular formula is C20H31BN4O4. The van der Waals surface area contributed by atoms with Crippen molar-refractivity contribution in [2.24, 2.45) is 15.9 Å². The number of rotatable bonds is 12. The van der Waals surface area contributed by atoms with Gasteiger partial charge in [0.05, 0.1) is 18.2 Å². The van der Waals surface area contributed by atoms with Gasteiger partial charge in [-0.3, -0.25) is 20.1 Å². The Morgan fingerprint density at radius 2 is 1.93 bits per heavy atom. The summed E-state index contributed by atoms with van der Waals surface area (Å²) < 4.78 is 0. The van der Waals surface area contributed by atoms with E-state index in [-0.39, 0.29) is 18.0 Å². The van der Waals surface area contributed by atoms with Gasteiger partial charge in [-0.05, 0) is 38.0 Å². The summed E-state index contributed by atoms with van der Waals surface area (Å²) in [5.41, 5.74) is 1.04. The molecule has 1 unspecified atom stereocenters. The summed E-state index contributed by atoms with van der Waals surface area (Å²) in [6.07, 6.45) is 2.28. The van der Waals surface area contributed by atoms with Gasteiger partial charge in [-0.1, -0.05) is 44.2 Å². The molecule has 29 heavy (non-hydrogen) atoms. The van der Waals surface area contributed by atoms with E-state index in [9.17, 15) is 19.9 Å². The fourth-order valence-corrected chi connectivity index (χ4v) is 2.75. The van der Waals surface area contributed by atoms with Gasteiger partial charge in [-0.2, -0.15) is 0 Å². The number of aliphatic hydroxyl groups is 1. The van der Waals surface area contributed by atoms with Crippen molar-refractivity contribution in [1.29, 1.82) is 0 Å². The molecule has 0 saturated heterocycles. The number of amides is 1. The predicted octanol–water partition coefficient (Wildman–Crippen LogP) is 0.681. The van der Waals surface area contributed by atoms with Crippen LogP contribution >= 0.6 is 0 Å². The molecule has 0 fully saturated rings. The second-order valence-electron chi connectivity index (χ2n) is 7.09. The van der Waals surface area contributed by atoms with Crippen LogP contribution in [-0.4, -0.2) is 59.3 Å². The Bertz CT molecular complexity index is 695. The topological polar surface area (TPSA) is 127 Å². The number of aliphatic imine (C=N–C) groups is 2. The number of carbonyl (C=O) groups is 1. The summed E-state index contributed by atoms with van der Waals surface area (Å²) in [4.78, 5) is 20.6. The molecular weight excluding hydrogens is 371 g/mol. The van der Waals surface area contributed by atoms with E-state index >= 15 is 0 Å². The van der Waals surface area contributed by atoms with Gasteiger partial charge >= 0.3 is 7.12 Å². The molecule has 1 aromatic rings. The molecule has 158 valence electrons. The average Bonchev–Trinajstić information content (AvgIpc) is 2.67. The van der Waals surface area contributed by atoms with E-state index in [0.29, 0.717) is 6.42 Å². The molecule has 0 aliphatic carbocycles. The summed E-state index contributed by atoms with van der Waals surface area (Å²) in [6, 6.07) is 8.46. The second kappa shape index (κ2) is 13.0. The first kappa shape index (κ1) is 24.7. The van der Waals surface area contributed by atoms with Crippen molar-refractivity contribution >= 4 is 26.0 Å². The largest absolute Gasteiger partial charge is 0.475 e. The molecule has 1 amide bonds. The highest BCUT2D eigenvalue weighted by molar-refractivity contribution is 6.43. The SMILES string of the molecule is C=N/C(=C\N=CC)C(O)N[C@@H](Cc1ccccc1)C(=O)N[C@@H](CC(C)C)B(O)O. The average molecular weight is 402 g/mol. The Morgan fingerprint density at radius 3 is 2.45 bits per heavy atom. The smallest absolute Gasteiger partial charge is 0.426 e. The van der Waals surface area contributed by atoms with Gasteiger partial charge < -0.3 is 20.5 Å². The quantitative estimate of drug-likeness (QED) is 0.200. The normalized spacial score (nSPS) is 15.2. The molecule has 0 radical (unpaired) electrons. The van der Waals surface area contributed by atoms with Crippen LogP contribution in [-0.2, 0) is 11.2 Å². The third-order valence-electron chi connectivity index (χ3n) is 4.19. The highest BCUT2D eigenvalue weighted by atomic mass is 16.4. The predicted molar refractivity (Wildman–Crippen MR) is 116 cm³/mol. The lowest BCUT2D eigenvalue weighted by Crippen LogP contribution is -2.55. The molecule has 0 spiro atoms. The Hall–Kier alpha value is -2.33. The van der Waals surface area contributed by atoms with Gasteiger partial charge in [0.25, 0.3) is 0 Å². The van der Waals surface area contributed by atoms with Gasteiger partial charge in [0.1, 0.15) is 11.9 Å². The molecule has 1 rings (SSSR count). The van der Waals surface area contributed by atoms with Gasteiger partial charge in [0.2, 0.25) is 5.91 Å². The van der Waals surface area contributed by atoms with E-state index in [1.165, 1.54) is 12.4 Å². The van der Waals surface area contributed by atoms with Crippen LogP contribution in [0, 0.1) is 5.92 Å². The van der Waals surface area contributed by atoms with Crippen LogP contribution in [0.25, 0.3) is 0 Å². The van der Waals surface area contributed by atoms with Crippen LogP contribution in [0.3, 0.4) is 0 Å². The summed E-state index contributed by atoms with van der Waals surface area (Å²) in [6.45, 7) is 8.98. The van der Waals surface area contributed by atoms with Crippen LogP contribution in [0.15, 0.2) is 52.2 Å². The molecule has 5 N–H and O–H groups in total. The maximum Gasteiger partial charge on any atom is 0.475 e. The van der Waals surface area contributed by atoms with Gasteiger partial charge in [0.15, 0.2) is 0 Å². The zero-order valence-electron chi connectivity index (χ0n) is 17.2. The minimum atomic E-state index is -1.69. The van der Waals surface area contributed by atoms with Crippen LogP contribution in [0.4, 0.5) is 0 Å². The lowest BCUT2D eigenvalue weighted by Gasteiger charge is -2.26. The number of benzene rings is 1. The van der Waals surface area contributed by atoms with Crippen molar-refractivity contribution in [3.63, 3.8) is 0 Å². The highest BCUT2D eigenvalue weighted by Gasteiger charge is 2.30. The third-order valence-corrected chi connectivity index (χ3v) is 4.19. The molecule has 0 aliphatic rings. The summed E-state index contributed by atoms with van der Waals surface area (Å²) in [5.74, 6) is -1.13. The van der Waals surface area contributed by atoms with Gasteiger partial charge in [-0.15, -0.1) is 0 Å². The zero-order chi connectivity index (χ0) is 21.8. The number of carbonyl (C=O) groups excluding carboxylic acids is 1. The number of nitrogens with zero attached hydrogens (tertiary/aromatic N) is 2. The third kappa shape index (κ3) is 9.14. The Balaban J connectivity index is 3.03. The van der Waals surface area contributed by atoms with Gasteiger partial charge in [-0.25, -0.2) is 0 Å². The van der Waals surface area contributed by atoms with Gasteiger partial charge in [0, 0.05) is 6.21 Å². The lowest BCUT2D eigenvalue weighted by molar-refractivity contribution is -0.124. The first-order chi connectivity index (χ1) is 13.8. The standard InChI is InChI=1S/C20H31BN4O4/c1-5-23-13-17(22-4)20(27)24-16(12-15-9-7-6-8-10-15)19(26)25-18(21(28)29)11-14(2)3/h5-10,13-14,16,18,20,24,27-29H,4,11-12H2,1-3H3,(H,25,26)/b17-13-,23-5?/t16-,18-,20?/m0/s1. The molecule has 8 nitrogen and oxygen atoms in total. The molecule has 0 bridgehead atoms. The summed E-state index contributed by atoms with van der Waals surface area (Å²) in [5, 5.41) is 35.2. The van der Waals surface area contributed by atoms with Crippen LogP contribution in [0.5, 0.6) is 0 Å². The molecule has 0 aliphatic heterocycles. The van der Waals surface area contributed by atoms with Crippen LogP contribution < -0.4 is 10.6 Å². The van der Waals surface area contributed by atoms with Crippen LogP contribution in [0.1, 0.15) is 32.8 Å². The van der Waals surface area contributed by atoms with E-state index in [1.54, 1.807) is 6.92 Å². The first-order valence-corrected chi connectivity index (χ1v) is 9.57. The lowest BCUT2D eigenvalue weighted by atomic mass is 9.75. The highest BCUT2D eigenvalue weighted by Crippen LogP contribution is 2.10. The van der Waals surface area contributed by atoms with Crippen molar-refractivity contribution in [3.05, 3.63) is 47.8 Å². The molecule has 0 aromatic heterocycles. The summed E-state index contributed by atoms with van der Waals surface area (Å²) in [7, 11) is -1.69. The van der Waals surface area contributed by atoms with Crippen LogP contribution in [0.2, 0.25) is 0 Å². The molecule has 9 heteroatoms. The monoisotopic (exact) mass is 402 g/mol. The number of aliphatic hydroxyl groups excluding tert-OH is 1. The zero-order valence-corrected chi connectivity index (χ0v) is 17.2. The van der Waals surface area contributed by atoms with Crippen molar-refractivity contribution in [3.8, 4) is 0 Å². The Kier molecular flexibility index (Phi) is 11.1. The Morgan fingerprint density at radius 1 is 1.28 bits per heavy atom. The van der Waals surface area contributed by atoms with E-state index in [1.807, 2.05) is 44.2 Å². The summed E-state index contributed by atoms with van der Waals surface area (Å²) >= 11 is 0. The first-order valence-electron chi connectivity index (χ1n) is 9.57. The fraction of sp³-hybridized carbons (Fsp3) is 0.450. The minimum Gasteiger partial charge on any atom is -0.426 e. The van der Waals surface area contributed by atoms with E-state index in [4.69, 9.17) is 0 Å². The Labute approximate surface area is 172 Å². The van der Waals surface area contributed by atoms with Crippen molar-refractivity contribution in [2.45, 2.75) is 51.8 Å². The number of hydrogen-bond acceptors (Lipinski definition) is 7. The molecule has 0 saturated carbocycles. The molecule has 3 atom stereocenters. The maximum atomic E-state index is 12.9. The maximum absolute atomic E-state index is 12.9. The van der Waals surface area contributed by atoms with E-state index in [2.05, 4.69) is 27.3 Å². The number of hydrogen-bond donors (Lipinski definition) is 5. The molecule has 1 aromatic carbocycles. The number of nitrogens with one attached hydrogen (secondary N) is 2. The van der Waals surface area contributed by atoms with Crippen molar-refractivity contribution in [1.82, 2.24) is 10.6 Å².